The molecule has 0 saturated carbocycles. The van der Waals surface area contributed by atoms with Crippen LogP contribution in [0.25, 0.3) is 0 Å². The van der Waals surface area contributed by atoms with Crippen LogP contribution in [0.5, 0.6) is 0 Å². The average Bonchev–Trinajstić information content (AvgIpc) is 3.46. The third-order valence-corrected chi connectivity index (χ3v) is 5.74. The number of carbonyl (C=O) groups excluding carboxylic acids is 2. The highest BCUT2D eigenvalue weighted by atomic mass is 16.5. The summed E-state index contributed by atoms with van der Waals surface area (Å²) in [6.45, 7) is 5.11. The van der Waals surface area contributed by atoms with E-state index in [0.717, 1.165) is 62.3 Å². The summed E-state index contributed by atoms with van der Waals surface area (Å²) in [7, 11) is 0. The minimum atomic E-state index is -0.342. The molecule has 4 rings (SSSR count). The number of nitrogens with one attached hydrogen (secondary N) is 3. The number of hydrogen-bond donors (Lipinski definition) is 3. The Labute approximate surface area is 183 Å². The molecule has 3 N–H and O–H groups in total. The molecule has 0 unspecified atom stereocenters. The zero-order chi connectivity index (χ0) is 21.6. The standard InChI is InChI=1S/C24H30N4O3/c1-17-6-4-7-18(14-17)26-24(30)27-19-9-10-22(28-11-2-3-12-28)21(15-19)23(29)25-16-20-8-5-13-31-20/h4,6-7,9-10,14-15,20H,2-3,5,8,11-13,16H2,1H3,(H,25,29)(H2,26,27,30)/t20-/m1/s1. The largest absolute Gasteiger partial charge is 0.376 e. The third-order valence-electron chi connectivity index (χ3n) is 5.74. The van der Waals surface area contributed by atoms with Crippen LogP contribution in [0.4, 0.5) is 21.9 Å². The lowest BCUT2D eigenvalue weighted by atomic mass is 10.1. The molecule has 0 bridgehead atoms. The summed E-state index contributed by atoms with van der Waals surface area (Å²) in [5.74, 6) is -0.139. The topological polar surface area (TPSA) is 82.7 Å². The van der Waals surface area contributed by atoms with Crippen molar-refractivity contribution in [2.45, 2.75) is 38.7 Å². The summed E-state index contributed by atoms with van der Waals surface area (Å²) in [6, 6.07) is 12.8. The van der Waals surface area contributed by atoms with E-state index >= 15 is 0 Å². The van der Waals surface area contributed by atoms with Gasteiger partial charge in [-0.3, -0.25) is 4.79 Å². The maximum absolute atomic E-state index is 13.0. The van der Waals surface area contributed by atoms with Crippen molar-refractivity contribution in [2.24, 2.45) is 0 Å². The van der Waals surface area contributed by atoms with Gasteiger partial charge in [-0.1, -0.05) is 12.1 Å². The summed E-state index contributed by atoms with van der Waals surface area (Å²) < 4.78 is 5.62. The van der Waals surface area contributed by atoms with Crippen molar-refractivity contribution in [3.8, 4) is 0 Å². The Hall–Kier alpha value is -3.06. The Bertz CT molecular complexity index is 934. The molecule has 164 valence electrons. The number of carbonyl (C=O) groups is 2. The lowest BCUT2D eigenvalue weighted by Crippen LogP contribution is -2.33. The van der Waals surface area contributed by atoms with E-state index in [9.17, 15) is 9.59 Å². The minimum Gasteiger partial charge on any atom is -0.376 e. The molecular weight excluding hydrogens is 392 g/mol. The number of rotatable bonds is 6. The first kappa shape index (κ1) is 21.2. The molecule has 2 aromatic carbocycles. The van der Waals surface area contributed by atoms with Gasteiger partial charge in [0.1, 0.15) is 0 Å². The Morgan fingerprint density at radius 2 is 1.81 bits per heavy atom. The van der Waals surface area contributed by atoms with Gasteiger partial charge in [0.15, 0.2) is 0 Å². The second-order valence-electron chi connectivity index (χ2n) is 8.22. The van der Waals surface area contributed by atoms with E-state index in [4.69, 9.17) is 4.74 Å². The second-order valence-corrected chi connectivity index (χ2v) is 8.22. The number of aryl methyl sites for hydroxylation is 1. The molecule has 0 aliphatic carbocycles. The van der Waals surface area contributed by atoms with Gasteiger partial charge >= 0.3 is 6.03 Å². The fourth-order valence-electron chi connectivity index (χ4n) is 4.15. The number of ether oxygens (including phenoxy) is 1. The van der Waals surface area contributed by atoms with E-state index in [1.807, 2.05) is 43.3 Å². The number of anilines is 3. The average molecular weight is 423 g/mol. The molecule has 7 heteroatoms. The van der Waals surface area contributed by atoms with Crippen molar-refractivity contribution in [2.75, 3.05) is 41.8 Å². The van der Waals surface area contributed by atoms with Crippen LogP contribution in [0, 0.1) is 6.92 Å². The third kappa shape index (κ3) is 5.55. The molecule has 7 nitrogen and oxygen atoms in total. The lowest BCUT2D eigenvalue weighted by molar-refractivity contribution is 0.0858. The first-order valence-electron chi connectivity index (χ1n) is 11.0. The highest BCUT2D eigenvalue weighted by Gasteiger charge is 2.22. The highest BCUT2D eigenvalue weighted by molar-refractivity contribution is 6.04. The lowest BCUT2D eigenvalue weighted by Gasteiger charge is -2.22. The molecule has 31 heavy (non-hydrogen) atoms. The Morgan fingerprint density at radius 3 is 2.52 bits per heavy atom. The number of benzene rings is 2. The maximum atomic E-state index is 13.0. The van der Waals surface area contributed by atoms with Crippen molar-refractivity contribution in [3.63, 3.8) is 0 Å². The molecule has 1 atom stereocenters. The van der Waals surface area contributed by atoms with Gasteiger partial charge in [-0.15, -0.1) is 0 Å². The monoisotopic (exact) mass is 422 g/mol. The van der Waals surface area contributed by atoms with Crippen LogP contribution in [-0.2, 0) is 4.74 Å². The van der Waals surface area contributed by atoms with Crippen molar-refractivity contribution in [1.82, 2.24) is 5.32 Å². The predicted octanol–water partition coefficient (Wildman–Crippen LogP) is 4.15. The molecule has 2 aliphatic rings. The summed E-state index contributed by atoms with van der Waals surface area (Å²) in [5, 5.41) is 8.69. The summed E-state index contributed by atoms with van der Waals surface area (Å²) in [6.07, 6.45) is 4.33. The zero-order valence-electron chi connectivity index (χ0n) is 17.9. The summed E-state index contributed by atoms with van der Waals surface area (Å²) in [4.78, 5) is 27.7. The summed E-state index contributed by atoms with van der Waals surface area (Å²) in [5.41, 5.74) is 3.86. The van der Waals surface area contributed by atoms with Gasteiger partial charge in [0, 0.05) is 43.3 Å². The van der Waals surface area contributed by atoms with Crippen LogP contribution in [-0.4, -0.2) is 44.3 Å². The van der Waals surface area contributed by atoms with Crippen molar-refractivity contribution < 1.29 is 14.3 Å². The molecular formula is C24H30N4O3. The normalized spacial score (nSPS) is 18.1. The van der Waals surface area contributed by atoms with E-state index in [0.29, 0.717) is 17.8 Å². The Balaban J connectivity index is 1.48. The van der Waals surface area contributed by atoms with Crippen LogP contribution >= 0.6 is 0 Å². The van der Waals surface area contributed by atoms with E-state index in [2.05, 4.69) is 20.9 Å². The number of urea groups is 1. The molecule has 2 aromatic rings. The number of hydrogen-bond acceptors (Lipinski definition) is 4. The van der Waals surface area contributed by atoms with Crippen LogP contribution in [0.3, 0.4) is 0 Å². The zero-order valence-corrected chi connectivity index (χ0v) is 17.9. The number of nitrogens with zero attached hydrogens (tertiary/aromatic N) is 1. The van der Waals surface area contributed by atoms with Gasteiger partial charge in [0.2, 0.25) is 0 Å². The van der Waals surface area contributed by atoms with Crippen LogP contribution in [0.15, 0.2) is 42.5 Å². The first-order valence-corrected chi connectivity index (χ1v) is 11.0. The summed E-state index contributed by atoms with van der Waals surface area (Å²) >= 11 is 0. The van der Waals surface area contributed by atoms with Crippen LogP contribution < -0.4 is 20.9 Å². The van der Waals surface area contributed by atoms with E-state index in [1.165, 1.54) is 0 Å². The van der Waals surface area contributed by atoms with Crippen molar-refractivity contribution in [1.29, 1.82) is 0 Å². The molecule has 2 heterocycles. The highest BCUT2D eigenvalue weighted by Crippen LogP contribution is 2.28. The van der Waals surface area contributed by atoms with Gasteiger partial charge in [-0.25, -0.2) is 4.79 Å². The maximum Gasteiger partial charge on any atom is 0.323 e. The minimum absolute atomic E-state index is 0.0839. The van der Waals surface area contributed by atoms with Crippen molar-refractivity contribution >= 4 is 29.0 Å². The van der Waals surface area contributed by atoms with Gasteiger partial charge in [0.25, 0.3) is 5.91 Å². The molecule has 0 spiro atoms. The van der Waals surface area contributed by atoms with E-state index in [1.54, 1.807) is 6.07 Å². The fourth-order valence-corrected chi connectivity index (χ4v) is 4.15. The van der Waals surface area contributed by atoms with E-state index < -0.39 is 0 Å². The molecule has 3 amide bonds. The van der Waals surface area contributed by atoms with Crippen molar-refractivity contribution in [3.05, 3.63) is 53.6 Å². The van der Waals surface area contributed by atoms with Gasteiger partial charge in [-0.05, 0) is 68.5 Å². The smallest absolute Gasteiger partial charge is 0.323 e. The molecule has 2 saturated heterocycles. The molecule has 2 aliphatic heterocycles. The van der Waals surface area contributed by atoms with Gasteiger partial charge < -0.3 is 25.6 Å². The van der Waals surface area contributed by atoms with Gasteiger partial charge in [0.05, 0.1) is 11.7 Å². The SMILES string of the molecule is Cc1cccc(NC(=O)Nc2ccc(N3CCCC3)c(C(=O)NC[C@H]3CCCO3)c2)c1. The van der Waals surface area contributed by atoms with Crippen LogP contribution in [0.1, 0.15) is 41.6 Å². The number of amides is 3. The van der Waals surface area contributed by atoms with Gasteiger partial charge in [-0.2, -0.15) is 0 Å². The Kier molecular flexibility index (Phi) is 6.72. The van der Waals surface area contributed by atoms with Crippen LogP contribution in [0.2, 0.25) is 0 Å². The molecule has 2 fully saturated rings. The second kappa shape index (κ2) is 9.83. The predicted molar refractivity (Wildman–Crippen MR) is 123 cm³/mol. The fraction of sp³-hybridized carbons (Fsp3) is 0.417. The van der Waals surface area contributed by atoms with E-state index in [-0.39, 0.29) is 18.0 Å². The first-order chi connectivity index (χ1) is 15.1. The molecule has 0 radical (unpaired) electrons. The Morgan fingerprint density at radius 1 is 1.03 bits per heavy atom. The quantitative estimate of drug-likeness (QED) is 0.653. The molecule has 0 aromatic heterocycles.